The molecule has 9 nitrogen and oxygen atoms in total. The highest BCUT2D eigenvalue weighted by atomic mass is 32.2. The van der Waals surface area contributed by atoms with Gasteiger partial charge in [0, 0.05) is 45.8 Å². The summed E-state index contributed by atoms with van der Waals surface area (Å²) >= 11 is 0. The van der Waals surface area contributed by atoms with Crippen LogP contribution in [0.2, 0.25) is 0 Å². The Kier molecular flexibility index (Phi) is 8.44. The molecule has 2 fully saturated rings. The highest BCUT2D eigenvalue weighted by Crippen LogP contribution is 2.30. The predicted octanol–water partition coefficient (Wildman–Crippen LogP) is 2.85. The van der Waals surface area contributed by atoms with Crippen molar-refractivity contribution in [3.05, 3.63) is 66.4 Å². The molecule has 2 saturated heterocycles. The maximum atomic E-state index is 13.1. The van der Waals surface area contributed by atoms with Crippen LogP contribution in [0.1, 0.15) is 26.7 Å². The molecule has 5 rings (SSSR count). The Morgan fingerprint density at radius 3 is 2.33 bits per heavy atom. The molecule has 10 heteroatoms. The first-order valence-electron chi connectivity index (χ1n) is 13.8. The number of hydrogen-bond acceptors (Lipinski definition) is 8. The maximum absolute atomic E-state index is 13.1. The van der Waals surface area contributed by atoms with Crippen molar-refractivity contribution in [2.75, 3.05) is 50.7 Å². The molecule has 3 aliphatic heterocycles. The number of carbonyl (C=O) groups excluding carboxylic acids is 1. The number of anilines is 1. The van der Waals surface area contributed by atoms with Crippen molar-refractivity contribution < 1.29 is 22.8 Å². The fourth-order valence-electron chi connectivity index (χ4n) is 5.44. The van der Waals surface area contributed by atoms with Crippen LogP contribution in [-0.2, 0) is 19.5 Å². The summed E-state index contributed by atoms with van der Waals surface area (Å²) < 4.78 is 31.9. The number of rotatable bonds is 8. The molecular weight excluding hydrogens is 516 g/mol. The van der Waals surface area contributed by atoms with Gasteiger partial charge in [-0.25, -0.2) is 8.42 Å². The highest BCUT2D eigenvalue weighted by Gasteiger charge is 2.35. The third-order valence-electron chi connectivity index (χ3n) is 7.52. The van der Waals surface area contributed by atoms with Crippen LogP contribution in [0.3, 0.4) is 0 Å². The van der Waals surface area contributed by atoms with Crippen LogP contribution in [0.5, 0.6) is 5.75 Å². The van der Waals surface area contributed by atoms with Crippen molar-refractivity contribution >= 4 is 21.4 Å². The minimum Gasteiger partial charge on any atom is -0.489 e. The van der Waals surface area contributed by atoms with Crippen LogP contribution >= 0.6 is 0 Å². The van der Waals surface area contributed by atoms with E-state index in [1.54, 1.807) is 35.2 Å². The largest absolute Gasteiger partial charge is 0.489 e. The number of benzene rings is 2. The fraction of sp³-hybridized carbons (Fsp3) is 0.483. The van der Waals surface area contributed by atoms with Gasteiger partial charge in [-0.2, -0.15) is 0 Å². The maximum Gasteiger partial charge on any atom is 0.271 e. The summed E-state index contributed by atoms with van der Waals surface area (Å²) in [7, 11) is -3.39. The van der Waals surface area contributed by atoms with E-state index < -0.39 is 15.1 Å². The molecule has 0 saturated carbocycles. The number of ether oxygens (including phenoxy) is 1. The molecule has 0 aromatic heterocycles. The second-order valence-corrected chi connectivity index (χ2v) is 12.8. The van der Waals surface area contributed by atoms with Crippen molar-refractivity contribution in [1.29, 1.82) is 0 Å². The summed E-state index contributed by atoms with van der Waals surface area (Å²) in [4.78, 5) is 25.6. The van der Waals surface area contributed by atoms with Gasteiger partial charge in [0.2, 0.25) is 0 Å². The van der Waals surface area contributed by atoms with Crippen molar-refractivity contribution in [2.45, 2.75) is 49.0 Å². The SMILES string of the molecule is CC(C)Oc1ccccc1N1CCN(CC2C=C(C(=O)N3CCC(S(=O)(=O)c4ccccc4)CC3)NO2)CC1. The molecule has 0 aliphatic carbocycles. The van der Waals surface area contributed by atoms with Crippen LogP contribution < -0.4 is 15.1 Å². The van der Waals surface area contributed by atoms with Crippen LogP contribution in [0.4, 0.5) is 5.69 Å². The molecule has 2 aromatic carbocycles. The van der Waals surface area contributed by atoms with E-state index in [0.29, 0.717) is 43.1 Å². The lowest BCUT2D eigenvalue weighted by Gasteiger charge is -2.37. The number of nitrogens with zero attached hydrogens (tertiary/aromatic N) is 3. The van der Waals surface area contributed by atoms with Crippen molar-refractivity contribution in [1.82, 2.24) is 15.3 Å². The van der Waals surface area contributed by atoms with E-state index in [4.69, 9.17) is 9.57 Å². The molecule has 1 atom stereocenters. The number of piperazine rings is 1. The molecule has 3 heterocycles. The first-order chi connectivity index (χ1) is 18.8. The Morgan fingerprint density at radius 1 is 0.974 bits per heavy atom. The summed E-state index contributed by atoms with van der Waals surface area (Å²) in [6.45, 7) is 9.12. The number of sulfone groups is 1. The van der Waals surface area contributed by atoms with Gasteiger partial charge in [-0.05, 0) is 57.0 Å². The standard InChI is InChI=1S/C29H38N4O5S/c1-22(2)37-28-11-7-6-10-27(28)32-18-16-31(17-19-32)21-23-20-26(30-38-23)29(34)33-14-12-25(13-15-33)39(35,36)24-8-4-3-5-9-24/h3-11,20,22-23,25,30H,12-19,21H2,1-2H3. The number of para-hydroxylation sites is 2. The van der Waals surface area contributed by atoms with Gasteiger partial charge in [0.25, 0.3) is 5.91 Å². The van der Waals surface area contributed by atoms with E-state index in [1.165, 1.54) is 0 Å². The van der Waals surface area contributed by atoms with Gasteiger partial charge in [0.1, 0.15) is 17.6 Å². The lowest BCUT2D eigenvalue weighted by molar-refractivity contribution is -0.129. The Balaban J connectivity index is 1.10. The van der Waals surface area contributed by atoms with Crippen molar-refractivity contribution in [2.24, 2.45) is 0 Å². The number of amides is 1. The quantitative estimate of drug-likeness (QED) is 0.533. The first kappa shape index (κ1) is 27.5. The van der Waals surface area contributed by atoms with Crippen LogP contribution in [-0.4, -0.2) is 87.4 Å². The van der Waals surface area contributed by atoms with E-state index in [-0.39, 0.29) is 18.1 Å². The van der Waals surface area contributed by atoms with Crippen molar-refractivity contribution in [3.8, 4) is 5.75 Å². The molecule has 1 unspecified atom stereocenters. The fourth-order valence-corrected chi connectivity index (χ4v) is 7.19. The number of carbonyl (C=O) groups is 1. The monoisotopic (exact) mass is 554 g/mol. The van der Waals surface area contributed by atoms with Crippen LogP contribution in [0.25, 0.3) is 0 Å². The van der Waals surface area contributed by atoms with E-state index in [9.17, 15) is 13.2 Å². The summed E-state index contributed by atoms with van der Waals surface area (Å²) in [5, 5.41) is -0.471. The Morgan fingerprint density at radius 2 is 1.64 bits per heavy atom. The summed E-state index contributed by atoms with van der Waals surface area (Å²) in [5.41, 5.74) is 4.37. The number of hydrogen-bond donors (Lipinski definition) is 1. The van der Waals surface area contributed by atoms with E-state index >= 15 is 0 Å². The third kappa shape index (κ3) is 6.40. The molecule has 0 spiro atoms. The van der Waals surface area contributed by atoms with Crippen LogP contribution in [0.15, 0.2) is 71.3 Å². The molecular formula is C29H38N4O5S. The van der Waals surface area contributed by atoms with Gasteiger partial charge in [-0.3, -0.25) is 20.0 Å². The van der Waals surface area contributed by atoms with E-state index in [0.717, 1.165) is 37.6 Å². The third-order valence-corrected chi connectivity index (χ3v) is 9.80. The number of nitrogens with one attached hydrogen (secondary N) is 1. The average Bonchev–Trinajstić information content (AvgIpc) is 3.42. The van der Waals surface area contributed by atoms with Gasteiger partial charge in [-0.15, -0.1) is 0 Å². The highest BCUT2D eigenvalue weighted by molar-refractivity contribution is 7.92. The summed E-state index contributed by atoms with van der Waals surface area (Å²) in [6, 6.07) is 16.7. The molecule has 39 heavy (non-hydrogen) atoms. The van der Waals surface area contributed by atoms with E-state index in [1.807, 2.05) is 38.1 Å². The van der Waals surface area contributed by atoms with E-state index in [2.05, 4.69) is 21.3 Å². The molecule has 2 aromatic rings. The predicted molar refractivity (Wildman–Crippen MR) is 150 cm³/mol. The van der Waals surface area contributed by atoms with Gasteiger partial charge in [-0.1, -0.05) is 30.3 Å². The zero-order chi connectivity index (χ0) is 27.4. The minimum atomic E-state index is -3.39. The number of likely N-dealkylation sites (tertiary alicyclic amines) is 1. The van der Waals surface area contributed by atoms with Gasteiger partial charge in [0.15, 0.2) is 9.84 Å². The minimum absolute atomic E-state index is 0.122. The molecule has 0 radical (unpaired) electrons. The van der Waals surface area contributed by atoms with Gasteiger partial charge in [0.05, 0.1) is 21.9 Å². The lowest BCUT2D eigenvalue weighted by Crippen LogP contribution is -2.48. The molecule has 1 amide bonds. The Labute approximate surface area is 231 Å². The smallest absolute Gasteiger partial charge is 0.271 e. The summed E-state index contributed by atoms with van der Waals surface area (Å²) in [6.07, 6.45) is 2.61. The molecule has 210 valence electrons. The zero-order valence-corrected chi connectivity index (χ0v) is 23.5. The number of piperidine rings is 1. The molecule has 3 aliphatic rings. The normalized spacial score (nSPS) is 21.1. The topological polar surface area (TPSA) is 91.4 Å². The van der Waals surface area contributed by atoms with Crippen molar-refractivity contribution in [3.63, 3.8) is 0 Å². The van der Waals surface area contributed by atoms with Crippen LogP contribution in [0, 0.1) is 0 Å². The Bertz CT molecular complexity index is 1270. The van der Waals surface area contributed by atoms with Gasteiger partial charge >= 0.3 is 0 Å². The number of hydroxylamine groups is 1. The zero-order valence-electron chi connectivity index (χ0n) is 22.7. The molecule has 0 bridgehead atoms. The second kappa shape index (κ2) is 12.0. The first-order valence-corrected chi connectivity index (χ1v) is 15.3. The summed E-state index contributed by atoms with van der Waals surface area (Å²) in [5.74, 6) is 0.775. The van der Waals surface area contributed by atoms with Gasteiger partial charge < -0.3 is 14.5 Å². The molecule has 1 N–H and O–H groups in total. The Hall–Kier alpha value is -3.08. The average molecular weight is 555 g/mol. The second-order valence-electron chi connectivity index (χ2n) is 10.6. The lowest BCUT2D eigenvalue weighted by atomic mass is 10.1.